The summed E-state index contributed by atoms with van der Waals surface area (Å²) < 4.78 is 26.4. The third-order valence-electron chi connectivity index (χ3n) is 3.23. The lowest BCUT2D eigenvalue weighted by Gasteiger charge is -2.33. The number of hydrogen-bond acceptors (Lipinski definition) is 4. The Bertz CT molecular complexity index is 528. The van der Waals surface area contributed by atoms with Crippen LogP contribution in [0.5, 0.6) is 0 Å². The third-order valence-corrected chi connectivity index (χ3v) is 5.63. The van der Waals surface area contributed by atoms with E-state index in [2.05, 4.69) is 4.90 Å². The summed E-state index contributed by atoms with van der Waals surface area (Å²) in [5.74, 6) is 0. The number of benzene rings is 1. The molecule has 0 aliphatic carbocycles. The first-order valence-electron chi connectivity index (χ1n) is 6.23. The van der Waals surface area contributed by atoms with E-state index in [4.69, 9.17) is 17.3 Å². The minimum absolute atomic E-state index is 0.184. The van der Waals surface area contributed by atoms with E-state index in [1.54, 1.807) is 24.3 Å². The molecule has 1 fully saturated rings. The third kappa shape index (κ3) is 3.27. The summed E-state index contributed by atoms with van der Waals surface area (Å²) >= 11 is 5.97. The quantitative estimate of drug-likeness (QED) is 0.885. The Balaban J connectivity index is 2.12. The Morgan fingerprint density at radius 3 is 2.37 bits per heavy atom. The van der Waals surface area contributed by atoms with Gasteiger partial charge >= 0.3 is 0 Å². The molecule has 0 spiro atoms. The second-order valence-electron chi connectivity index (χ2n) is 4.46. The molecule has 1 aliphatic heterocycles. The average molecular weight is 304 g/mol. The van der Waals surface area contributed by atoms with Crippen LogP contribution in [0.4, 0.5) is 0 Å². The molecular weight excluding hydrogens is 286 g/mol. The molecule has 2 rings (SSSR count). The Hall–Kier alpha value is -0.660. The van der Waals surface area contributed by atoms with Gasteiger partial charge in [0.05, 0.1) is 5.02 Å². The molecule has 7 heteroatoms. The summed E-state index contributed by atoms with van der Waals surface area (Å²) in [5.41, 5.74) is 5.50. The van der Waals surface area contributed by atoms with E-state index in [-0.39, 0.29) is 9.92 Å². The highest BCUT2D eigenvalue weighted by Crippen LogP contribution is 2.24. The second-order valence-corrected chi connectivity index (χ2v) is 6.78. The molecule has 0 bridgehead atoms. The van der Waals surface area contributed by atoms with Crippen molar-refractivity contribution in [2.45, 2.75) is 4.90 Å². The van der Waals surface area contributed by atoms with Gasteiger partial charge in [0.15, 0.2) is 0 Å². The summed E-state index contributed by atoms with van der Waals surface area (Å²) in [5, 5.41) is 0.270. The normalized spacial score (nSPS) is 18.6. The first-order valence-corrected chi connectivity index (χ1v) is 8.04. The monoisotopic (exact) mass is 303 g/mol. The minimum Gasteiger partial charge on any atom is -0.329 e. The van der Waals surface area contributed by atoms with E-state index in [1.807, 2.05) is 0 Å². The molecular formula is C12H18ClN3O2S. The van der Waals surface area contributed by atoms with Gasteiger partial charge in [0, 0.05) is 39.3 Å². The van der Waals surface area contributed by atoms with Gasteiger partial charge < -0.3 is 5.73 Å². The number of piperazine rings is 1. The van der Waals surface area contributed by atoms with Crippen LogP contribution >= 0.6 is 11.6 Å². The van der Waals surface area contributed by atoms with Crippen LogP contribution in [0, 0.1) is 0 Å². The number of nitrogens with zero attached hydrogens (tertiary/aromatic N) is 2. The maximum atomic E-state index is 12.5. The molecule has 106 valence electrons. The first kappa shape index (κ1) is 14.7. The fourth-order valence-corrected chi connectivity index (χ4v) is 4.08. The highest BCUT2D eigenvalue weighted by Gasteiger charge is 2.29. The van der Waals surface area contributed by atoms with E-state index in [1.165, 1.54) is 4.31 Å². The summed E-state index contributed by atoms with van der Waals surface area (Å²) in [4.78, 5) is 2.35. The van der Waals surface area contributed by atoms with Crippen LogP contribution in [0.25, 0.3) is 0 Å². The van der Waals surface area contributed by atoms with E-state index in [9.17, 15) is 8.42 Å². The Morgan fingerprint density at radius 1 is 1.16 bits per heavy atom. The van der Waals surface area contributed by atoms with Gasteiger partial charge in [0.2, 0.25) is 10.0 Å². The summed E-state index contributed by atoms with van der Waals surface area (Å²) in [7, 11) is -3.49. The zero-order chi connectivity index (χ0) is 13.9. The molecule has 0 amide bonds. The van der Waals surface area contributed by atoms with Crippen molar-refractivity contribution in [3.8, 4) is 0 Å². The molecule has 1 aromatic carbocycles. The summed E-state index contributed by atoms with van der Waals surface area (Å²) in [6, 6.07) is 6.55. The molecule has 1 aromatic rings. The molecule has 1 saturated heterocycles. The average Bonchev–Trinajstić information content (AvgIpc) is 2.40. The van der Waals surface area contributed by atoms with Crippen LogP contribution < -0.4 is 5.73 Å². The zero-order valence-corrected chi connectivity index (χ0v) is 12.2. The van der Waals surface area contributed by atoms with Crippen molar-refractivity contribution in [1.29, 1.82) is 0 Å². The fraction of sp³-hybridized carbons (Fsp3) is 0.500. The molecule has 1 heterocycles. The highest BCUT2D eigenvalue weighted by atomic mass is 35.5. The standard InChI is InChI=1S/C12H18ClN3O2S/c13-11-3-1-2-4-12(11)19(17,18)16-9-7-15(6-5-14)8-10-16/h1-4H,5-10,14H2. The number of sulfonamides is 1. The van der Waals surface area contributed by atoms with Crippen LogP contribution in [0.15, 0.2) is 29.2 Å². The predicted molar refractivity (Wildman–Crippen MR) is 75.7 cm³/mol. The van der Waals surface area contributed by atoms with Gasteiger partial charge in [0.1, 0.15) is 4.90 Å². The largest absolute Gasteiger partial charge is 0.329 e. The molecule has 19 heavy (non-hydrogen) atoms. The van der Waals surface area contributed by atoms with Crippen molar-refractivity contribution in [2.24, 2.45) is 5.73 Å². The molecule has 5 nitrogen and oxygen atoms in total. The Labute approximate surface area is 119 Å². The molecule has 2 N–H and O–H groups in total. The van der Waals surface area contributed by atoms with Crippen molar-refractivity contribution in [3.05, 3.63) is 29.3 Å². The molecule has 0 unspecified atom stereocenters. The molecule has 0 atom stereocenters. The lowest BCUT2D eigenvalue weighted by molar-refractivity contribution is 0.192. The van der Waals surface area contributed by atoms with Crippen molar-refractivity contribution < 1.29 is 8.42 Å². The van der Waals surface area contributed by atoms with Crippen molar-refractivity contribution in [3.63, 3.8) is 0 Å². The van der Waals surface area contributed by atoms with E-state index < -0.39 is 10.0 Å². The van der Waals surface area contributed by atoms with Crippen LogP contribution in [0.2, 0.25) is 5.02 Å². The van der Waals surface area contributed by atoms with E-state index >= 15 is 0 Å². The number of hydrogen-bond donors (Lipinski definition) is 1. The fourth-order valence-electron chi connectivity index (χ4n) is 2.17. The van der Waals surface area contributed by atoms with Gasteiger partial charge in [-0.3, -0.25) is 4.90 Å². The second kappa shape index (κ2) is 6.19. The van der Waals surface area contributed by atoms with Gasteiger partial charge in [-0.05, 0) is 12.1 Å². The van der Waals surface area contributed by atoms with Gasteiger partial charge in [-0.1, -0.05) is 23.7 Å². The number of nitrogens with two attached hydrogens (primary N) is 1. The van der Waals surface area contributed by atoms with Gasteiger partial charge in [-0.25, -0.2) is 8.42 Å². The van der Waals surface area contributed by atoms with Crippen LogP contribution in [0.3, 0.4) is 0 Å². The highest BCUT2D eigenvalue weighted by molar-refractivity contribution is 7.89. The maximum absolute atomic E-state index is 12.5. The molecule has 0 radical (unpaired) electrons. The molecule has 0 saturated carbocycles. The summed E-state index contributed by atoms with van der Waals surface area (Å²) in [6.07, 6.45) is 0. The van der Waals surface area contributed by atoms with Crippen molar-refractivity contribution >= 4 is 21.6 Å². The minimum atomic E-state index is -3.49. The maximum Gasteiger partial charge on any atom is 0.244 e. The Kier molecular flexibility index (Phi) is 4.81. The van der Waals surface area contributed by atoms with Gasteiger partial charge in [-0.15, -0.1) is 0 Å². The SMILES string of the molecule is NCCN1CCN(S(=O)(=O)c2ccccc2Cl)CC1. The Morgan fingerprint density at radius 2 is 1.79 bits per heavy atom. The molecule has 1 aliphatic rings. The van der Waals surface area contributed by atoms with E-state index in [0.29, 0.717) is 32.7 Å². The zero-order valence-electron chi connectivity index (χ0n) is 10.6. The first-order chi connectivity index (χ1) is 9.05. The van der Waals surface area contributed by atoms with E-state index in [0.717, 1.165) is 6.54 Å². The number of rotatable bonds is 4. The number of halogens is 1. The topological polar surface area (TPSA) is 66.6 Å². The lowest BCUT2D eigenvalue weighted by atomic mass is 10.3. The van der Waals surface area contributed by atoms with Gasteiger partial charge in [-0.2, -0.15) is 4.31 Å². The van der Waals surface area contributed by atoms with Crippen LogP contribution in [-0.4, -0.2) is 56.9 Å². The predicted octanol–water partition coefficient (Wildman–Crippen LogP) is 0.605. The summed E-state index contributed by atoms with van der Waals surface area (Å²) in [6.45, 7) is 3.78. The smallest absolute Gasteiger partial charge is 0.244 e. The van der Waals surface area contributed by atoms with Gasteiger partial charge in [0.25, 0.3) is 0 Å². The van der Waals surface area contributed by atoms with Crippen molar-refractivity contribution in [2.75, 3.05) is 39.3 Å². The lowest BCUT2D eigenvalue weighted by Crippen LogP contribution is -2.49. The van der Waals surface area contributed by atoms with Crippen LogP contribution in [0.1, 0.15) is 0 Å². The van der Waals surface area contributed by atoms with Crippen LogP contribution in [-0.2, 0) is 10.0 Å². The molecule has 0 aromatic heterocycles. The van der Waals surface area contributed by atoms with Crippen molar-refractivity contribution in [1.82, 2.24) is 9.21 Å².